The molecule has 0 saturated heterocycles. The van der Waals surface area contributed by atoms with Crippen molar-refractivity contribution in [1.29, 1.82) is 0 Å². The third-order valence-corrected chi connectivity index (χ3v) is 3.05. The highest BCUT2D eigenvalue weighted by Crippen LogP contribution is 2.29. The summed E-state index contributed by atoms with van der Waals surface area (Å²) in [5, 5.41) is 8.52. The van der Waals surface area contributed by atoms with E-state index in [1.165, 1.54) is 0 Å². The minimum Gasteiger partial charge on any atom is -0.450 e. The quantitative estimate of drug-likeness (QED) is 0.605. The van der Waals surface area contributed by atoms with E-state index in [1.807, 2.05) is 20.8 Å². The fourth-order valence-electron chi connectivity index (χ4n) is 1.21. The molecule has 0 saturated carbocycles. The zero-order valence-corrected chi connectivity index (χ0v) is 9.22. The first-order valence-electron chi connectivity index (χ1n) is 4.04. The summed E-state index contributed by atoms with van der Waals surface area (Å²) in [5.74, 6) is 0. The summed E-state index contributed by atoms with van der Waals surface area (Å²) in [5.41, 5.74) is -0.578. The van der Waals surface area contributed by atoms with Crippen LogP contribution in [0.15, 0.2) is 0 Å². The molecule has 0 rings (SSSR count). The van der Waals surface area contributed by atoms with Gasteiger partial charge in [-0.1, -0.05) is 29.8 Å². The highest BCUT2D eigenvalue weighted by molar-refractivity contribution is 9.09. The van der Waals surface area contributed by atoms with Gasteiger partial charge in [-0.25, -0.2) is 4.79 Å². The van der Waals surface area contributed by atoms with Crippen molar-refractivity contribution >= 4 is 22.1 Å². The molecule has 0 aliphatic carbocycles. The maximum absolute atomic E-state index is 10.4. The normalized spacial score (nSPS) is 14.0. The third-order valence-electron chi connectivity index (χ3n) is 2.21. The topological polar surface area (TPSA) is 46.5 Å². The molecule has 0 amide bonds. The Hall–Kier alpha value is -0.250. The summed E-state index contributed by atoms with van der Waals surface area (Å²) in [7, 11) is 0. The zero-order chi connectivity index (χ0) is 9.78. The average Bonchev–Trinajstić information content (AvgIpc) is 1.99. The van der Waals surface area contributed by atoms with E-state index in [0.29, 0.717) is 12.8 Å². The molecule has 0 aromatic heterocycles. The lowest BCUT2D eigenvalue weighted by atomic mass is 9.94. The highest BCUT2D eigenvalue weighted by Gasteiger charge is 2.35. The standard InChI is InChI=1S/C8H15BrO3/c1-4-8(5-2,6(3)9)12-7(10)11/h6H,4-5H2,1-3H3,(H,10,11). The summed E-state index contributed by atoms with van der Waals surface area (Å²) in [6, 6.07) is 0. The van der Waals surface area contributed by atoms with Gasteiger partial charge in [0.15, 0.2) is 0 Å². The smallest absolute Gasteiger partial charge is 0.450 e. The Morgan fingerprint density at radius 1 is 1.58 bits per heavy atom. The lowest BCUT2D eigenvalue weighted by molar-refractivity contribution is -0.0218. The van der Waals surface area contributed by atoms with Crippen molar-refractivity contribution in [2.24, 2.45) is 0 Å². The zero-order valence-electron chi connectivity index (χ0n) is 7.63. The maximum atomic E-state index is 10.4. The van der Waals surface area contributed by atoms with Gasteiger partial charge in [-0.05, 0) is 19.8 Å². The molecule has 0 aliphatic rings. The van der Waals surface area contributed by atoms with E-state index >= 15 is 0 Å². The van der Waals surface area contributed by atoms with E-state index in [4.69, 9.17) is 9.84 Å². The molecule has 0 radical (unpaired) electrons. The van der Waals surface area contributed by atoms with Crippen LogP contribution in [-0.4, -0.2) is 21.7 Å². The van der Waals surface area contributed by atoms with Crippen molar-refractivity contribution in [3.8, 4) is 0 Å². The maximum Gasteiger partial charge on any atom is 0.506 e. The minimum absolute atomic E-state index is 0.0381. The van der Waals surface area contributed by atoms with Gasteiger partial charge in [-0.15, -0.1) is 0 Å². The van der Waals surface area contributed by atoms with Gasteiger partial charge in [-0.2, -0.15) is 0 Å². The van der Waals surface area contributed by atoms with Gasteiger partial charge in [-0.3, -0.25) is 0 Å². The van der Waals surface area contributed by atoms with Crippen LogP contribution in [0.2, 0.25) is 0 Å². The van der Waals surface area contributed by atoms with Crippen LogP contribution < -0.4 is 0 Å². The monoisotopic (exact) mass is 238 g/mol. The number of ether oxygens (including phenoxy) is 1. The third kappa shape index (κ3) is 2.66. The predicted molar refractivity (Wildman–Crippen MR) is 50.8 cm³/mol. The molecule has 4 heteroatoms. The van der Waals surface area contributed by atoms with Gasteiger partial charge < -0.3 is 9.84 Å². The van der Waals surface area contributed by atoms with Crippen molar-refractivity contribution < 1.29 is 14.6 Å². The highest BCUT2D eigenvalue weighted by atomic mass is 79.9. The second kappa shape index (κ2) is 4.70. The van der Waals surface area contributed by atoms with Crippen LogP contribution in [0.1, 0.15) is 33.6 Å². The van der Waals surface area contributed by atoms with E-state index in [9.17, 15) is 4.79 Å². The van der Waals surface area contributed by atoms with E-state index in [0.717, 1.165) is 0 Å². The van der Waals surface area contributed by atoms with Crippen molar-refractivity contribution in [2.45, 2.75) is 44.0 Å². The van der Waals surface area contributed by atoms with Gasteiger partial charge >= 0.3 is 6.16 Å². The van der Waals surface area contributed by atoms with Crippen LogP contribution in [-0.2, 0) is 4.74 Å². The summed E-state index contributed by atoms with van der Waals surface area (Å²) in [6.07, 6.45) is 0.162. The van der Waals surface area contributed by atoms with Crippen LogP contribution in [0.5, 0.6) is 0 Å². The van der Waals surface area contributed by atoms with Crippen molar-refractivity contribution in [2.75, 3.05) is 0 Å². The number of hydrogen-bond acceptors (Lipinski definition) is 2. The molecule has 12 heavy (non-hydrogen) atoms. The number of rotatable bonds is 4. The Labute approximate surface area is 81.2 Å². The van der Waals surface area contributed by atoms with Gasteiger partial charge in [0, 0.05) is 0 Å². The predicted octanol–water partition coefficient (Wildman–Crippen LogP) is 3.02. The number of carboxylic acid groups (broad SMARTS) is 1. The Bertz CT molecular complexity index is 152. The van der Waals surface area contributed by atoms with Gasteiger partial charge in [0.25, 0.3) is 0 Å². The van der Waals surface area contributed by atoms with Gasteiger partial charge in [0.2, 0.25) is 0 Å². The Kier molecular flexibility index (Phi) is 4.60. The lowest BCUT2D eigenvalue weighted by Gasteiger charge is -2.32. The molecule has 0 aliphatic heterocycles. The van der Waals surface area contributed by atoms with Crippen molar-refractivity contribution in [3.63, 3.8) is 0 Å². The molecule has 1 N–H and O–H groups in total. The van der Waals surface area contributed by atoms with Crippen LogP contribution >= 0.6 is 15.9 Å². The molecular weight excluding hydrogens is 224 g/mol. The molecule has 1 unspecified atom stereocenters. The minimum atomic E-state index is -1.20. The first kappa shape index (κ1) is 11.8. The Morgan fingerprint density at radius 2 is 2.00 bits per heavy atom. The SMILES string of the molecule is CCC(CC)(OC(=O)O)C(C)Br. The second-order valence-electron chi connectivity index (χ2n) is 2.76. The molecule has 0 spiro atoms. The average molecular weight is 239 g/mol. The summed E-state index contributed by atoms with van der Waals surface area (Å²) >= 11 is 3.36. The second-order valence-corrected chi connectivity index (χ2v) is 4.13. The number of carbonyl (C=O) groups is 1. The van der Waals surface area contributed by atoms with Crippen LogP contribution in [0.25, 0.3) is 0 Å². The van der Waals surface area contributed by atoms with Crippen molar-refractivity contribution in [1.82, 2.24) is 0 Å². The molecule has 72 valence electrons. The van der Waals surface area contributed by atoms with Crippen LogP contribution in [0.3, 0.4) is 0 Å². The molecule has 0 bridgehead atoms. The van der Waals surface area contributed by atoms with Gasteiger partial charge in [0.05, 0.1) is 4.83 Å². The number of hydrogen-bond donors (Lipinski definition) is 1. The van der Waals surface area contributed by atoms with Gasteiger partial charge in [0.1, 0.15) is 5.60 Å². The first-order chi connectivity index (χ1) is 5.48. The summed E-state index contributed by atoms with van der Waals surface area (Å²) < 4.78 is 4.87. The van der Waals surface area contributed by atoms with E-state index < -0.39 is 11.8 Å². The fraction of sp³-hybridized carbons (Fsp3) is 0.875. The first-order valence-corrected chi connectivity index (χ1v) is 4.96. The molecule has 0 fully saturated rings. The van der Waals surface area contributed by atoms with Crippen LogP contribution in [0, 0.1) is 0 Å². The van der Waals surface area contributed by atoms with Crippen LogP contribution in [0.4, 0.5) is 4.79 Å². The van der Waals surface area contributed by atoms with E-state index in [-0.39, 0.29) is 4.83 Å². The van der Waals surface area contributed by atoms with Crippen molar-refractivity contribution in [3.05, 3.63) is 0 Å². The Balaban J connectivity index is 4.46. The fourth-order valence-corrected chi connectivity index (χ4v) is 1.95. The number of halogens is 1. The Morgan fingerprint density at radius 3 is 2.08 bits per heavy atom. The van der Waals surface area contributed by atoms with E-state index in [1.54, 1.807) is 0 Å². The molecular formula is C8H15BrO3. The largest absolute Gasteiger partial charge is 0.506 e. The molecule has 0 aromatic carbocycles. The summed E-state index contributed by atoms with van der Waals surface area (Å²) in [4.78, 5) is 10.4. The number of alkyl halides is 1. The lowest BCUT2D eigenvalue weighted by Crippen LogP contribution is -2.40. The molecule has 1 atom stereocenters. The molecule has 3 nitrogen and oxygen atoms in total. The molecule has 0 aromatic rings. The van der Waals surface area contributed by atoms with E-state index in [2.05, 4.69) is 15.9 Å². The summed E-state index contributed by atoms with van der Waals surface area (Å²) in [6.45, 7) is 5.74. The molecule has 0 heterocycles.